The lowest BCUT2D eigenvalue weighted by molar-refractivity contribution is 0.0639. The molecule has 58 valence electrons. The monoisotopic (exact) mass is 251 g/mol. The summed E-state index contributed by atoms with van der Waals surface area (Å²) in [4.78, 5) is 2.63. The average molecular weight is 251 g/mol. The van der Waals surface area contributed by atoms with Crippen LogP contribution in [-0.2, 0) is 0 Å². The van der Waals surface area contributed by atoms with Gasteiger partial charge in [-0.2, -0.15) is 0 Å². The van der Waals surface area contributed by atoms with Gasteiger partial charge in [0.2, 0.25) is 0 Å². The third-order valence-corrected chi connectivity index (χ3v) is 4.12. The molecule has 0 aliphatic carbocycles. The fourth-order valence-electron chi connectivity index (χ4n) is 2.26. The number of alkyl halides is 1. The van der Waals surface area contributed by atoms with Crippen molar-refractivity contribution in [2.24, 2.45) is 11.8 Å². The van der Waals surface area contributed by atoms with Crippen molar-refractivity contribution in [3.8, 4) is 0 Å². The molecule has 3 fully saturated rings. The summed E-state index contributed by atoms with van der Waals surface area (Å²) in [5.41, 5.74) is 0. The van der Waals surface area contributed by atoms with Crippen LogP contribution < -0.4 is 0 Å². The lowest BCUT2D eigenvalue weighted by atomic mass is 9.80. The first-order valence-corrected chi connectivity index (χ1v) is 5.71. The summed E-state index contributed by atoms with van der Waals surface area (Å²) in [7, 11) is 0. The summed E-state index contributed by atoms with van der Waals surface area (Å²) >= 11 is 2.54. The van der Waals surface area contributed by atoms with E-state index < -0.39 is 0 Å². The first-order chi connectivity index (χ1) is 4.90. The van der Waals surface area contributed by atoms with Gasteiger partial charge in [0.05, 0.1) is 0 Å². The fourth-order valence-corrected chi connectivity index (χ4v) is 3.26. The van der Waals surface area contributed by atoms with Crippen molar-refractivity contribution in [1.29, 1.82) is 0 Å². The van der Waals surface area contributed by atoms with Crippen molar-refractivity contribution >= 4 is 22.6 Å². The Hall–Kier alpha value is 0.690. The van der Waals surface area contributed by atoms with E-state index in [0.717, 1.165) is 11.8 Å². The quantitative estimate of drug-likeness (QED) is 0.507. The largest absolute Gasteiger partial charge is 0.303 e. The lowest BCUT2D eigenvalue weighted by Gasteiger charge is -2.44. The molecule has 10 heavy (non-hydrogen) atoms. The van der Waals surface area contributed by atoms with E-state index in [1.54, 1.807) is 0 Å². The summed E-state index contributed by atoms with van der Waals surface area (Å²) in [5.74, 6) is 2.12. The number of nitrogens with zero attached hydrogens (tertiary/aromatic N) is 1. The topological polar surface area (TPSA) is 3.24 Å². The molecule has 3 aliphatic heterocycles. The molecule has 2 bridgehead atoms. The van der Waals surface area contributed by atoms with Gasteiger partial charge in [-0.15, -0.1) is 0 Å². The Bertz CT molecular complexity index is 118. The molecule has 1 atom stereocenters. The summed E-state index contributed by atoms with van der Waals surface area (Å²) in [6, 6.07) is 0. The first kappa shape index (κ1) is 7.35. The zero-order valence-electron chi connectivity index (χ0n) is 6.22. The van der Waals surface area contributed by atoms with Gasteiger partial charge in [0.25, 0.3) is 0 Å². The first-order valence-electron chi connectivity index (χ1n) is 4.18. The highest BCUT2D eigenvalue weighted by Crippen LogP contribution is 2.32. The second kappa shape index (κ2) is 2.97. The van der Waals surface area contributed by atoms with Crippen molar-refractivity contribution in [3.63, 3.8) is 0 Å². The molecule has 1 unspecified atom stereocenters. The smallest absolute Gasteiger partial charge is 0.00385 e. The highest BCUT2D eigenvalue weighted by Gasteiger charge is 2.32. The number of halogens is 1. The van der Waals surface area contributed by atoms with Crippen LogP contribution in [0.2, 0.25) is 0 Å². The molecule has 0 spiro atoms. The molecule has 3 heterocycles. The minimum absolute atomic E-state index is 1.03. The Balaban J connectivity index is 2.01. The molecule has 0 radical (unpaired) electrons. The van der Waals surface area contributed by atoms with Gasteiger partial charge in [0.1, 0.15) is 0 Å². The summed E-state index contributed by atoms with van der Waals surface area (Å²) in [6.45, 7) is 4.17. The highest BCUT2D eigenvalue weighted by atomic mass is 127. The molecule has 3 rings (SSSR count). The normalized spacial score (nSPS) is 45.9. The Morgan fingerprint density at radius 1 is 1.30 bits per heavy atom. The van der Waals surface area contributed by atoms with E-state index in [-0.39, 0.29) is 0 Å². The summed E-state index contributed by atoms with van der Waals surface area (Å²) in [5, 5.41) is 0. The molecule has 3 aliphatic rings. The van der Waals surface area contributed by atoms with Gasteiger partial charge < -0.3 is 4.90 Å². The van der Waals surface area contributed by atoms with Gasteiger partial charge in [-0.25, -0.2) is 0 Å². The van der Waals surface area contributed by atoms with Crippen molar-refractivity contribution in [2.45, 2.75) is 12.8 Å². The molecule has 0 aromatic rings. The lowest BCUT2D eigenvalue weighted by Crippen LogP contribution is -2.47. The van der Waals surface area contributed by atoms with Gasteiger partial charge in [-0.3, -0.25) is 0 Å². The average Bonchev–Trinajstić information content (AvgIpc) is 2.06. The molecular weight excluding hydrogens is 237 g/mol. The maximum Gasteiger partial charge on any atom is 0.00385 e. The zero-order valence-corrected chi connectivity index (χ0v) is 8.38. The summed E-state index contributed by atoms with van der Waals surface area (Å²) < 4.78 is 1.37. The zero-order chi connectivity index (χ0) is 6.97. The van der Waals surface area contributed by atoms with Crippen LogP contribution in [0.1, 0.15) is 12.8 Å². The van der Waals surface area contributed by atoms with Crippen LogP contribution in [0.25, 0.3) is 0 Å². The van der Waals surface area contributed by atoms with Crippen molar-refractivity contribution < 1.29 is 0 Å². The predicted molar refractivity (Wildman–Crippen MR) is 51.5 cm³/mol. The van der Waals surface area contributed by atoms with Crippen LogP contribution in [0.15, 0.2) is 0 Å². The van der Waals surface area contributed by atoms with E-state index >= 15 is 0 Å². The number of rotatable bonds is 1. The molecule has 0 N–H and O–H groups in total. The van der Waals surface area contributed by atoms with Crippen LogP contribution in [0.4, 0.5) is 0 Å². The number of piperidine rings is 3. The standard InChI is InChI=1S/C8H14IN/c9-5-8-6-10-3-1-7(8)2-4-10/h7-8H,1-6H2. The van der Waals surface area contributed by atoms with E-state index in [9.17, 15) is 0 Å². The van der Waals surface area contributed by atoms with Crippen LogP contribution in [-0.4, -0.2) is 29.0 Å². The molecule has 0 aromatic heterocycles. The van der Waals surface area contributed by atoms with Gasteiger partial charge >= 0.3 is 0 Å². The number of hydrogen-bond acceptors (Lipinski definition) is 1. The van der Waals surface area contributed by atoms with Crippen molar-refractivity contribution in [2.75, 3.05) is 24.1 Å². The van der Waals surface area contributed by atoms with Gasteiger partial charge in [0, 0.05) is 11.0 Å². The summed E-state index contributed by atoms with van der Waals surface area (Å²) in [6.07, 6.45) is 2.96. The van der Waals surface area contributed by atoms with Crippen LogP contribution in [0, 0.1) is 11.8 Å². The van der Waals surface area contributed by atoms with E-state index in [1.807, 2.05) is 0 Å². The Labute approximate surface area is 76.3 Å². The predicted octanol–water partition coefficient (Wildman–Crippen LogP) is 1.76. The minimum Gasteiger partial charge on any atom is -0.303 e. The molecule has 3 saturated heterocycles. The number of fused-ring (bicyclic) bond motifs is 3. The molecule has 2 heteroatoms. The molecule has 0 amide bonds. The van der Waals surface area contributed by atoms with Crippen molar-refractivity contribution in [3.05, 3.63) is 0 Å². The van der Waals surface area contributed by atoms with E-state index in [2.05, 4.69) is 27.5 Å². The maximum absolute atomic E-state index is 2.63. The van der Waals surface area contributed by atoms with Crippen molar-refractivity contribution in [1.82, 2.24) is 4.90 Å². The van der Waals surface area contributed by atoms with Gasteiger partial charge in [-0.1, -0.05) is 22.6 Å². The molecule has 0 saturated carbocycles. The highest BCUT2D eigenvalue weighted by molar-refractivity contribution is 14.1. The Morgan fingerprint density at radius 3 is 2.30 bits per heavy atom. The molecule has 0 aromatic carbocycles. The van der Waals surface area contributed by atoms with E-state index in [4.69, 9.17) is 0 Å². The Kier molecular flexibility index (Phi) is 2.18. The second-order valence-electron chi connectivity index (χ2n) is 3.55. The Morgan fingerprint density at radius 2 is 2.00 bits per heavy atom. The number of hydrogen-bond donors (Lipinski definition) is 0. The molecular formula is C8H14IN. The minimum atomic E-state index is 1.03. The third kappa shape index (κ3) is 1.20. The van der Waals surface area contributed by atoms with Gasteiger partial charge in [-0.05, 0) is 37.8 Å². The van der Waals surface area contributed by atoms with Crippen LogP contribution in [0.3, 0.4) is 0 Å². The van der Waals surface area contributed by atoms with E-state index in [1.165, 1.54) is 36.9 Å². The van der Waals surface area contributed by atoms with Gasteiger partial charge in [0.15, 0.2) is 0 Å². The SMILES string of the molecule is ICC1CN2CCC1CC2. The second-order valence-corrected chi connectivity index (χ2v) is 4.43. The van der Waals surface area contributed by atoms with Crippen LogP contribution in [0.5, 0.6) is 0 Å². The molecule has 1 nitrogen and oxygen atoms in total. The van der Waals surface area contributed by atoms with Crippen LogP contribution >= 0.6 is 22.6 Å². The third-order valence-electron chi connectivity index (χ3n) is 2.99. The fraction of sp³-hybridized carbons (Fsp3) is 1.00. The van der Waals surface area contributed by atoms with E-state index in [0.29, 0.717) is 0 Å². The maximum atomic E-state index is 2.63.